The van der Waals surface area contributed by atoms with Crippen LogP contribution in [0.5, 0.6) is 0 Å². The van der Waals surface area contributed by atoms with E-state index in [-0.39, 0.29) is 5.91 Å². The van der Waals surface area contributed by atoms with Crippen molar-refractivity contribution >= 4 is 17.4 Å². The summed E-state index contributed by atoms with van der Waals surface area (Å²) in [5.41, 5.74) is 2.98. The molecule has 2 N–H and O–H groups in total. The molecule has 0 spiro atoms. The van der Waals surface area contributed by atoms with Gasteiger partial charge in [0.25, 0.3) is 5.91 Å². The van der Waals surface area contributed by atoms with Crippen LogP contribution in [-0.4, -0.2) is 42.0 Å². The van der Waals surface area contributed by atoms with E-state index in [1.54, 1.807) is 6.20 Å². The van der Waals surface area contributed by atoms with Gasteiger partial charge in [-0.1, -0.05) is 30.3 Å². The third-order valence-corrected chi connectivity index (χ3v) is 4.92. The van der Waals surface area contributed by atoms with Crippen molar-refractivity contribution in [1.29, 1.82) is 0 Å². The van der Waals surface area contributed by atoms with Gasteiger partial charge >= 0.3 is 0 Å². The average Bonchev–Trinajstić information content (AvgIpc) is 2.68. The Kier molecular flexibility index (Phi) is 4.07. The molecule has 0 radical (unpaired) electrons. The summed E-state index contributed by atoms with van der Waals surface area (Å²) in [5.74, 6) is 1.48. The van der Waals surface area contributed by atoms with Crippen molar-refractivity contribution in [3.63, 3.8) is 0 Å². The summed E-state index contributed by atoms with van der Waals surface area (Å²) >= 11 is 0. The molecule has 1 saturated heterocycles. The van der Waals surface area contributed by atoms with Crippen LogP contribution >= 0.6 is 0 Å². The number of pyridine rings is 1. The lowest BCUT2D eigenvalue weighted by Crippen LogP contribution is -2.38. The quantitative estimate of drug-likeness (QED) is 0.892. The van der Waals surface area contributed by atoms with E-state index in [0.717, 1.165) is 50.5 Å². The molecular weight excluding hydrogens is 300 g/mol. The predicted octanol–water partition coefficient (Wildman–Crippen LogP) is 2.94. The summed E-state index contributed by atoms with van der Waals surface area (Å²) < 4.78 is 0. The van der Waals surface area contributed by atoms with Crippen molar-refractivity contribution in [3.05, 3.63) is 53.7 Å². The summed E-state index contributed by atoms with van der Waals surface area (Å²) in [6.45, 7) is 3.33. The van der Waals surface area contributed by atoms with Gasteiger partial charge in [0.1, 0.15) is 5.82 Å². The zero-order valence-electron chi connectivity index (χ0n) is 13.7. The monoisotopic (exact) mass is 322 g/mol. The van der Waals surface area contributed by atoms with Crippen molar-refractivity contribution in [1.82, 2.24) is 9.88 Å². The SMILES string of the molecule is O=C(c1cnc2c(c1)NCCN2)N1CCC(c2ccccc2)CC1. The molecule has 5 nitrogen and oxygen atoms in total. The molecule has 0 saturated carbocycles. The zero-order valence-corrected chi connectivity index (χ0v) is 13.7. The first-order valence-electron chi connectivity index (χ1n) is 8.63. The van der Waals surface area contributed by atoms with Gasteiger partial charge in [-0.3, -0.25) is 4.79 Å². The van der Waals surface area contributed by atoms with Gasteiger partial charge < -0.3 is 15.5 Å². The minimum Gasteiger partial charge on any atom is -0.380 e. The summed E-state index contributed by atoms with van der Waals surface area (Å²) in [4.78, 5) is 19.1. The van der Waals surface area contributed by atoms with Crippen LogP contribution in [-0.2, 0) is 0 Å². The second-order valence-corrected chi connectivity index (χ2v) is 6.45. The molecule has 1 aromatic heterocycles. The highest BCUT2D eigenvalue weighted by Gasteiger charge is 2.25. The second-order valence-electron chi connectivity index (χ2n) is 6.45. The first-order valence-corrected chi connectivity index (χ1v) is 8.63. The number of nitrogens with one attached hydrogen (secondary N) is 2. The Morgan fingerprint density at radius 3 is 2.62 bits per heavy atom. The fraction of sp³-hybridized carbons (Fsp3) is 0.368. The summed E-state index contributed by atoms with van der Waals surface area (Å²) in [6, 6.07) is 12.5. The molecule has 1 aromatic carbocycles. The number of carbonyl (C=O) groups excluding carboxylic acids is 1. The van der Waals surface area contributed by atoms with Gasteiger partial charge in [-0.2, -0.15) is 0 Å². The van der Waals surface area contributed by atoms with Gasteiger partial charge in [-0.25, -0.2) is 4.98 Å². The van der Waals surface area contributed by atoms with Gasteiger partial charge in [0.05, 0.1) is 11.3 Å². The molecule has 24 heavy (non-hydrogen) atoms. The first kappa shape index (κ1) is 15.0. The number of anilines is 2. The number of aromatic nitrogens is 1. The molecule has 2 aromatic rings. The fourth-order valence-corrected chi connectivity index (χ4v) is 3.56. The normalized spacial score (nSPS) is 17.6. The van der Waals surface area contributed by atoms with E-state index in [4.69, 9.17) is 0 Å². The molecule has 124 valence electrons. The first-order chi connectivity index (χ1) is 11.8. The Bertz CT molecular complexity index is 723. The van der Waals surface area contributed by atoms with E-state index in [2.05, 4.69) is 39.9 Å². The van der Waals surface area contributed by atoms with Crippen LogP contribution in [0.25, 0.3) is 0 Å². The van der Waals surface area contributed by atoms with E-state index in [0.29, 0.717) is 11.5 Å². The van der Waals surface area contributed by atoms with Crippen LogP contribution in [0.2, 0.25) is 0 Å². The van der Waals surface area contributed by atoms with Crippen LogP contribution in [0.1, 0.15) is 34.7 Å². The lowest BCUT2D eigenvalue weighted by molar-refractivity contribution is 0.0712. The van der Waals surface area contributed by atoms with Gasteiger partial charge in [0, 0.05) is 32.4 Å². The molecule has 0 aliphatic carbocycles. The molecule has 1 fully saturated rings. The molecule has 4 rings (SSSR count). The van der Waals surface area contributed by atoms with E-state index in [9.17, 15) is 4.79 Å². The van der Waals surface area contributed by atoms with Crippen LogP contribution < -0.4 is 10.6 Å². The highest BCUT2D eigenvalue weighted by atomic mass is 16.2. The number of benzene rings is 1. The highest BCUT2D eigenvalue weighted by molar-refractivity contribution is 5.95. The molecule has 0 unspecified atom stereocenters. The number of nitrogens with zero attached hydrogens (tertiary/aromatic N) is 2. The molecular formula is C19H22N4O. The van der Waals surface area contributed by atoms with E-state index < -0.39 is 0 Å². The van der Waals surface area contributed by atoms with Gasteiger partial charge in [-0.05, 0) is 30.4 Å². The summed E-state index contributed by atoms with van der Waals surface area (Å²) in [7, 11) is 0. The van der Waals surface area contributed by atoms with Crippen LogP contribution in [0, 0.1) is 0 Å². The zero-order chi connectivity index (χ0) is 16.4. The number of hydrogen-bond acceptors (Lipinski definition) is 4. The maximum absolute atomic E-state index is 12.8. The lowest BCUT2D eigenvalue weighted by Gasteiger charge is -2.32. The summed E-state index contributed by atoms with van der Waals surface area (Å²) in [5, 5.41) is 6.53. The van der Waals surface area contributed by atoms with Crippen molar-refractivity contribution in [2.45, 2.75) is 18.8 Å². The number of likely N-dealkylation sites (tertiary alicyclic amines) is 1. The third-order valence-electron chi connectivity index (χ3n) is 4.92. The molecule has 0 atom stereocenters. The smallest absolute Gasteiger partial charge is 0.255 e. The van der Waals surface area contributed by atoms with E-state index in [1.165, 1.54) is 5.56 Å². The van der Waals surface area contributed by atoms with Crippen LogP contribution in [0.3, 0.4) is 0 Å². The van der Waals surface area contributed by atoms with Crippen molar-refractivity contribution in [2.24, 2.45) is 0 Å². The Hall–Kier alpha value is -2.56. The molecule has 1 amide bonds. The third kappa shape index (κ3) is 2.94. The Morgan fingerprint density at radius 2 is 1.83 bits per heavy atom. The van der Waals surface area contributed by atoms with Crippen molar-refractivity contribution in [2.75, 3.05) is 36.8 Å². The van der Waals surface area contributed by atoms with Gasteiger partial charge in [0.2, 0.25) is 0 Å². The highest BCUT2D eigenvalue weighted by Crippen LogP contribution is 2.29. The molecule has 3 heterocycles. The van der Waals surface area contributed by atoms with Gasteiger partial charge in [0.15, 0.2) is 0 Å². The topological polar surface area (TPSA) is 57.3 Å². The van der Waals surface area contributed by atoms with Crippen molar-refractivity contribution < 1.29 is 4.79 Å². The number of fused-ring (bicyclic) bond motifs is 1. The van der Waals surface area contributed by atoms with Crippen LogP contribution in [0.15, 0.2) is 42.6 Å². The predicted molar refractivity (Wildman–Crippen MR) is 95.5 cm³/mol. The summed E-state index contributed by atoms with van der Waals surface area (Å²) in [6.07, 6.45) is 3.73. The number of rotatable bonds is 2. The van der Waals surface area contributed by atoms with Crippen LogP contribution in [0.4, 0.5) is 11.5 Å². The Balaban J connectivity index is 1.43. The van der Waals surface area contributed by atoms with Crippen molar-refractivity contribution in [3.8, 4) is 0 Å². The maximum Gasteiger partial charge on any atom is 0.255 e. The van der Waals surface area contributed by atoms with E-state index in [1.807, 2.05) is 17.0 Å². The number of carbonyl (C=O) groups is 1. The minimum absolute atomic E-state index is 0.0872. The van der Waals surface area contributed by atoms with E-state index >= 15 is 0 Å². The number of amides is 1. The second kappa shape index (κ2) is 6.51. The Labute approximate surface area is 142 Å². The molecule has 2 aliphatic rings. The lowest BCUT2D eigenvalue weighted by atomic mass is 9.89. The standard InChI is InChI=1S/C19H22N4O/c24-19(16-12-17-18(22-13-16)21-9-8-20-17)23-10-6-15(7-11-23)14-4-2-1-3-5-14/h1-5,12-13,15,20H,6-11H2,(H,21,22). The number of hydrogen-bond donors (Lipinski definition) is 2. The number of piperidine rings is 1. The Morgan fingerprint density at radius 1 is 1.08 bits per heavy atom. The fourth-order valence-electron chi connectivity index (χ4n) is 3.56. The maximum atomic E-state index is 12.8. The van der Waals surface area contributed by atoms with Gasteiger partial charge in [-0.15, -0.1) is 0 Å². The molecule has 5 heteroatoms. The average molecular weight is 322 g/mol. The molecule has 0 bridgehead atoms. The minimum atomic E-state index is 0.0872. The molecule has 2 aliphatic heterocycles. The largest absolute Gasteiger partial charge is 0.380 e.